The molecule has 2 rings (SSSR count). The molecule has 0 aliphatic rings. The molecular weight excluding hydrogens is 268 g/mol. The number of aromatic nitrogens is 2. The van der Waals surface area contributed by atoms with Crippen molar-refractivity contribution in [3.8, 4) is 0 Å². The molecule has 0 bridgehead atoms. The Morgan fingerprint density at radius 2 is 2.17 bits per heavy atom. The maximum Gasteiger partial charge on any atom is 0.181 e. The zero-order valence-corrected chi connectivity index (χ0v) is 12.5. The van der Waals surface area contributed by atoms with Crippen LogP contribution in [-0.4, -0.2) is 14.3 Å². The van der Waals surface area contributed by atoms with Gasteiger partial charge in [0, 0.05) is 17.1 Å². The molecule has 2 aromatic heterocycles. The summed E-state index contributed by atoms with van der Waals surface area (Å²) in [6, 6.07) is 1.80. The van der Waals surface area contributed by atoms with E-state index in [2.05, 4.69) is 30.9 Å². The number of hydrogen-bond donors (Lipinski definition) is 0. The van der Waals surface area contributed by atoms with Crippen molar-refractivity contribution in [1.29, 1.82) is 0 Å². The Hall–Kier alpha value is -1.01. The monoisotopic (exact) mass is 284 g/mol. The maximum absolute atomic E-state index is 12.1. The highest BCUT2D eigenvalue weighted by Gasteiger charge is 2.19. The summed E-state index contributed by atoms with van der Waals surface area (Å²) in [6.45, 7) is 8.18. The van der Waals surface area contributed by atoms with E-state index in [9.17, 15) is 4.21 Å². The van der Waals surface area contributed by atoms with Gasteiger partial charge in [0.25, 0.3) is 0 Å². The lowest BCUT2D eigenvalue weighted by Crippen LogP contribution is -2.07. The molecule has 0 aliphatic carbocycles. The molecule has 0 spiro atoms. The third-order valence-electron chi connectivity index (χ3n) is 2.37. The van der Waals surface area contributed by atoms with E-state index in [1.54, 1.807) is 6.07 Å². The van der Waals surface area contributed by atoms with E-state index < -0.39 is 10.8 Å². The molecular formula is C12H16N2O2S2. The largest absolute Gasteiger partial charge is 0.361 e. The Bertz CT molecular complexity index is 567. The van der Waals surface area contributed by atoms with Crippen LogP contribution in [0, 0.1) is 6.92 Å². The Balaban J connectivity index is 2.12. The smallest absolute Gasteiger partial charge is 0.181 e. The van der Waals surface area contributed by atoms with E-state index in [4.69, 9.17) is 4.52 Å². The lowest BCUT2D eigenvalue weighted by Gasteiger charge is -2.14. The van der Waals surface area contributed by atoms with E-state index >= 15 is 0 Å². The number of hydrogen-bond acceptors (Lipinski definition) is 5. The molecule has 2 heterocycles. The van der Waals surface area contributed by atoms with Gasteiger partial charge in [0.15, 0.2) is 4.34 Å². The first kappa shape index (κ1) is 13.4. The zero-order valence-electron chi connectivity index (χ0n) is 10.9. The van der Waals surface area contributed by atoms with Crippen molar-refractivity contribution in [2.75, 3.05) is 0 Å². The summed E-state index contributed by atoms with van der Waals surface area (Å²) in [5.41, 5.74) is 0.753. The maximum atomic E-state index is 12.1. The molecule has 0 amide bonds. The normalized spacial score (nSPS) is 13.8. The van der Waals surface area contributed by atoms with Crippen LogP contribution in [0.1, 0.15) is 37.1 Å². The van der Waals surface area contributed by atoms with Crippen molar-refractivity contribution in [1.82, 2.24) is 10.1 Å². The summed E-state index contributed by atoms with van der Waals surface area (Å²) in [5, 5.41) is 3.85. The van der Waals surface area contributed by atoms with Crippen LogP contribution in [0.4, 0.5) is 0 Å². The second-order valence-corrected chi connectivity index (χ2v) is 7.81. The molecule has 18 heavy (non-hydrogen) atoms. The lowest BCUT2D eigenvalue weighted by atomic mass is 9.96. The van der Waals surface area contributed by atoms with Gasteiger partial charge in [-0.3, -0.25) is 4.21 Å². The van der Waals surface area contributed by atoms with Gasteiger partial charge in [-0.15, -0.1) is 11.3 Å². The fourth-order valence-electron chi connectivity index (χ4n) is 1.39. The minimum absolute atomic E-state index is 0.0462. The molecule has 0 N–H and O–H groups in total. The first-order valence-corrected chi connectivity index (χ1v) is 7.76. The van der Waals surface area contributed by atoms with Gasteiger partial charge in [0.05, 0.1) is 22.2 Å². The summed E-state index contributed by atoms with van der Waals surface area (Å²) in [7, 11) is -1.15. The molecule has 0 aromatic carbocycles. The van der Waals surface area contributed by atoms with Gasteiger partial charge in [-0.2, -0.15) is 0 Å². The Morgan fingerprint density at radius 1 is 1.44 bits per heavy atom. The van der Waals surface area contributed by atoms with Crippen molar-refractivity contribution in [2.24, 2.45) is 0 Å². The number of rotatable bonds is 3. The van der Waals surface area contributed by atoms with Crippen molar-refractivity contribution in [2.45, 2.75) is 43.2 Å². The predicted octanol–water partition coefficient (Wildman–Crippen LogP) is 3.04. The quantitative estimate of drug-likeness (QED) is 0.869. The summed E-state index contributed by atoms with van der Waals surface area (Å²) in [5.74, 6) is 1.09. The summed E-state index contributed by atoms with van der Waals surface area (Å²) < 4.78 is 17.8. The fourth-order valence-corrected chi connectivity index (χ4v) is 3.61. The molecule has 0 unspecified atom stereocenters. The van der Waals surface area contributed by atoms with Crippen molar-refractivity contribution in [3.05, 3.63) is 28.6 Å². The summed E-state index contributed by atoms with van der Waals surface area (Å²) >= 11 is 1.50. The van der Waals surface area contributed by atoms with Crippen LogP contribution in [-0.2, 0) is 22.0 Å². The second kappa shape index (κ2) is 4.93. The molecule has 2 aromatic rings. The first-order chi connectivity index (χ1) is 8.36. The minimum Gasteiger partial charge on any atom is -0.361 e. The van der Waals surface area contributed by atoms with Gasteiger partial charge >= 0.3 is 0 Å². The van der Waals surface area contributed by atoms with Gasteiger partial charge < -0.3 is 4.52 Å². The van der Waals surface area contributed by atoms with E-state index in [0.717, 1.165) is 10.6 Å². The van der Waals surface area contributed by atoms with Gasteiger partial charge in [-0.05, 0) is 12.3 Å². The molecule has 0 aliphatic heterocycles. The molecule has 0 saturated carbocycles. The number of nitrogens with zero attached hydrogens (tertiary/aromatic N) is 2. The van der Waals surface area contributed by atoms with Crippen LogP contribution in [0.25, 0.3) is 0 Å². The Labute approximate surface area is 113 Å². The van der Waals surface area contributed by atoms with E-state index in [-0.39, 0.29) is 5.41 Å². The minimum atomic E-state index is -1.15. The number of aryl methyl sites for hydroxylation is 1. The van der Waals surface area contributed by atoms with Gasteiger partial charge in [-0.1, -0.05) is 25.9 Å². The summed E-state index contributed by atoms with van der Waals surface area (Å²) in [6.07, 6.45) is 1.81. The van der Waals surface area contributed by atoms with Crippen molar-refractivity contribution < 1.29 is 8.73 Å². The van der Waals surface area contributed by atoms with E-state index in [0.29, 0.717) is 15.8 Å². The fraction of sp³-hybridized carbons (Fsp3) is 0.500. The van der Waals surface area contributed by atoms with E-state index in [1.807, 2.05) is 13.1 Å². The number of thiazole rings is 1. The second-order valence-electron chi connectivity index (χ2n) is 5.16. The third-order valence-corrected chi connectivity index (χ3v) is 5.45. The molecule has 0 fully saturated rings. The highest BCUT2D eigenvalue weighted by molar-refractivity contribution is 7.86. The standard InChI is InChI=1S/C12H16N2O2S2/c1-8-5-9(14-16-8)7-18(15)11-13-6-10(17-11)12(2,3)4/h5-6H,7H2,1-4H3/t18-/m1/s1. The first-order valence-electron chi connectivity index (χ1n) is 5.63. The van der Waals surface area contributed by atoms with Crippen LogP contribution >= 0.6 is 11.3 Å². The average molecular weight is 284 g/mol. The van der Waals surface area contributed by atoms with Gasteiger partial charge in [0.1, 0.15) is 5.76 Å². The van der Waals surface area contributed by atoms with Crippen LogP contribution in [0.5, 0.6) is 0 Å². The molecule has 98 valence electrons. The van der Waals surface area contributed by atoms with Crippen molar-refractivity contribution >= 4 is 22.1 Å². The molecule has 4 nitrogen and oxygen atoms in total. The average Bonchev–Trinajstić information content (AvgIpc) is 2.85. The highest BCUT2D eigenvalue weighted by atomic mass is 32.2. The molecule has 1 atom stereocenters. The van der Waals surface area contributed by atoms with Crippen LogP contribution in [0.15, 0.2) is 21.1 Å². The van der Waals surface area contributed by atoms with E-state index in [1.165, 1.54) is 11.3 Å². The predicted molar refractivity (Wildman–Crippen MR) is 72.2 cm³/mol. The van der Waals surface area contributed by atoms with Gasteiger partial charge in [-0.25, -0.2) is 4.98 Å². The van der Waals surface area contributed by atoms with Crippen LogP contribution in [0.2, 0.25) is 0 Å². The molecule has 0 radical (unpaired) electrons. The molecule has 6 heteroatoms. The SMILES string of the molecule is Cc1cc(C[S@@](=O)c2ncc(C(C)(C)C)s2)no1. The Kier molecular flexibility index (Phi) is 3.68. The zero-order chi connectivity index (χ0) is 13.3. The Morgan fingerprint density at radius 3 is 2.67 bits per heavy atom. The highest BCUT2D eigenvalue weighted by Crippen LogP contribution is 2.29. The lowest BCUT2D eigenvalue weighted by molar-refractivity contribution is 0.392. The van der Waals surface area contributed by atoms with Crippen LogP contribution < -0.4 is 0 Å². The van der Waals surface area contributed by atoms with Crippen molar-refractivity contribution in [3.63, 3.8) is 0 Å². The summed E-state index contributed by atoms with van der Waals surface area (Å²) in [4.78, 5) is 5.39. The van der Waals surface area contributed by atoms with Crippen LogP contribution in [0.3, 0.4) is 0 Å². The van der Waals surface area contributed by atoms with Gasteiger partial charge in [0.2, 0.25) is 0 Å². The molecule has 0 saturated heterocycles. The third kappa shape index (κ3) is 3.05. The topological polar surface area (TPSA) is 56.0 Å².